The smallest absolute Gasteiger partial charge is 0.337 e. The van der Waals surface area contributed by atoms with Gasteiger partial charge in [0.05, 0.1) is 10.6 Å². The van der Waals surface area contributed by atoms with Crippen LogP contribution in [0.4, 0.5) is 5.82 Å². The highest BCUT2D eigenvalue weighted by Crippen LogP contribution is 2.28. The summed E-state index contributed by atoms with van der Waals surface area (Å²) >= 11 is 6.07. The van der Waals surface area contributed by atoms with E-state index >= 15 is 0 Å². The van der Waals surface area contributed by atoms with Crippen LogP contribution in [0.15, 0.2) is 23.9 Å². The average molecular weight is 253 g/mol. The molecule has 0 aliphatic carbocycles. The first-order valence-corrected chi connectivity index (χ1v) is 5.76. The van der Waals surface area contributed by atoms with E-state index < -0.39 is 5.97 Å². The van der Waals surface area contributed by atoms with Crippen LogP contribution in [0.5, 0.6) is 0 Å². The van der Waals surface area contributed by atoms with Crippen LogP contribution in [0.2, 0.25) is 5.02 Å². The van der Waals surface area contributed by atoms with Crippen LogP contribution in [0.25, 0.3) is 0 Å². The molecule has 0 bridgehead atoms. The Morgan fingerprint density at radius 3 is 2.94 bits per heavy atom. The Morgan fingerprint density at radius 2 is 2.35 bits per heavy atom. The van der Waals surface area contributed by atoms with Crippen molar-refractivity contribution < 1.29 is 9.90 Å². The van der Waals surface area contributed by atoms with Gasteiger partial charge in [-0.25, -0.2) is 9.78 Å². The second-order valence-electron chi connectivity index (χ2n) is 4.05. The van der Waals surface area contributed by atoms with Crippen LogP contribution in [0, 0.1) is 0 Å². The number of hydrogen-bond donors (Lipinski definition) is 1. The lowest BCUT2D eigenvalue weighted by atomic mass is 10.1. The Balaban J connectivity index is 2.33. The van der Waals surface area contributed by atoms with Gasteiger partial charge in [0.2, 0.25) is 0 Å². The third-order valence-corrected chi connectivity index (χ3v) is 3.21. The Kier molecular flexibility index (Phi) is 3.33. The molecule has 1 aliphatic rings. The number of anilines is 1. The quantitative estimate of drug-likeness (QED) is 0.822. The standard InChI is InChI=1S/C12H13ClN2O2/c1-8-3-6-15(7-4-8)11-10(13)9(12(16)17)2-5-14-11/h2-3,5H,4,6-7H2,1H3,(H,16,17). The van der Waals surface area contributed by atoms with Gasteiger partial charge in [0.25, 0.3) is 0 Å². The fourth-order valence-corrected chi connectivity index (χ4v) is 2.09. The van der Waals surface area contributed by atoms with E-state index in [0.29, 0.717) is 5.82 Å². The lowest BCUT2D eigenvalue weighted by Gasteiger charge is -2.27. The molecule has 0 fully saturated rings. The summed E-state index contributed by atoms with van der Waals surface area (Å²) < 4.78 is 0. The summed E-state index contributed by atoms with van der Waals surface area (Å²) in [4.78, 5) is 17.1. The lowest BCUT2D eigenvalue weighted by molar-refractivity contribution is 0.0697. The summed E-state index contributed by atoms with van der Waals surface area (Å²) in [6, 6.07) is 1.42. The molecule has 0 atom stereocenters. The zero-order valence-corrected chi connectivity index (χ0v) is 10.2. The van der Waals surface area contributed by atoms with Gasteiger partial charge in [0.1, 0.15) is 5.82 Å². The summed E-state index contributed by atoms with van der Waals surface area (Å²) in [6.07, 6.45) is 4.54. The van der Waals surface area contributed by atoms with Gasteiger partial charge in [-0.15, -0.1) is 0 Å². The summed E-state index contributed by atoms with van der Waals surface area (Å²) in [5.41, 5.74) is 1.44. The molecule has 0 saturated carbocycles. The van der Waals surface area contributed by atoms with E-state index in [1.165, 1.54) is 17.8 Å². The highest BCUT2D eigenvalue weighted by molar-refractivity contribution is 6.35. The van der Waals surface area contributed by atoms with Gasteiger partial charge in [0.15, 0.2) is 0 Å². The number of pyridine rings is 1. The van der Waals surface area contributed by atoms with E-state index in [-0.39, 0.29) is 10.6 Å². The topological polar surface area (TPSA) is 53.4 Å². The highest BCUT2D eigenvalue weighted by Gasteiger charge is 2.19. The molecule has 0 aromatic carbocycles. The van der Waals surface area contributed by atoms with E-state index in [4.69, 9.17) is 16.7 Å². The molecule has 2 heterocycles. The molecule has 0 amide bonds. The molecule has 1 aromatic heterocycles. The normalized spacial score (nSPS) is 15.6. The molecular weight excluding hydrogens is 240 g/mol. The number of carboxylic acids is 1. The van der Waals surface area contributed by atoms with Crippen LogP contribution in [-0.4, -0.2) is 29.1 Å². The Morgan fingerprint density at radius 1 is 1.59 bits per heavy atom. The Labute approximate surface area is 105 Å². The molecule has 17 heavy (non-hydrogen) atoms. The van der Waals surface area contributed by atoms with E-state index in [1.807, 2.05) is 4.90 Å². The monoisotopic (exact) mass is 252 g/mol. The van der Waals surface area contributed by atoms with Gasteiger partial charge < -0.3 is 10.0 Å². The van der Waals surface area contributed by atoms with Crippen LogP contribution in [-0.2, 0) is 0 Å². The van der Waals surface area contributed by atoms with Crippen molar-refractivity contribution in [3.05, 3.63) is 34.5 Å². The van der Waals surface area contributed by atoms with Crippen molar-refractivity contribution in [2.75, 3.05) is 18.0 Å². The Hall–Kier alpha value is -1.55. The van der Waals surface area contributed by atoms with Gasteiger partial charge in [0, 0.05) is 19.3 Å². The minimum absolute atomic E-state index is 0.0999. The minimum atomic E-state index is -1.03. The van der Waals surface area contributed by atoms with Gasteiger partial charge in [-0.05, 0) is 19.4 Å². The fourth-order valence-electron chi connectivity index (χ4n) is 1.78. The molecule has 2 rings (SSSR count). The third kappa shape index (κ3) is 2.42. The third-order valence-electron chi connectivity index (χ3n) is 2.84. The van der Waals surface area contributed by atoms with E-state index in [9.17, 15) is 4.79 Å². The van der Waals surface area contributed by atoms with Crippen LogP contribution < -0.4 is 4.90 Å². The zero-order valence-electron chi connectivity index (χ0n) is 9.48. The largest absolute Gasteiger partial charge is 0.478 e. The fraction of sp³-hybridized carbons (Fsp3) is 0.333. The van der Waals surface area contributed by atoms with Crippen molar-refractivity contribution in [2.45, 2.75) is 13.3 Å². The van der Waals surface area contributed by atoms with E-state index in [2.05, 4.69) is 18.0 Å². The predicted octanol–water partition coefficient (Wildman–Crippen LogP) is 2.59. The van der Waals surface area contributed by atoms with Crippen molar-refractivity contribution in [1.82, 2.24) is 4.98 Å². The second-order valence-corrected chi connectivity index (χ2v) is 4.43. The SMILES string of the molecule is CC1=CCN(c2nccc(C(=O)O)c2Cl)CC1. The summed E-state index contributed by atoms with van der Waals surface area (Å²) in [7, 11) is 0. The lowest BCUT2D eigenvalue weighted by Crippen LogP contribution is -2.29. The number of carbonyl (C=O) groups is 1. The maximum absolute atomic E-state index is 11.0. The maximum atomic E-state index is 11.0. The number of aromatic nitrogens is 1. The number of hydrogen-bond acceptors (Lipinski definition) is 3. The van der Waals surface area contributed by atoms with Gasteiger partial charge >= 0.3 is 5.97 Å². The summed E-state index contributed by atoms with van der Waals surface area (Å²) in [5, 5.41) is 9.20. The Bertz CT molecular complexity index is 485. The van der Waals surface area contributed by atoms with Crippen molar-refractivity contribution >= 4 is 23.4 Å². The molecule has 1 aliphatic heterocycles. The maximum Gasteiger partial charge on any atom is 0.337 e. The molecule has 0 spiro atoms. The zero-order chi connectivity index (χ0) is 12.4. The molecule has 1 N–H and O–H groups in total. The minimum Gasteiger partial charge on any atom is -0.478 e. The number of carboxylic acid groups (broad SMARTS) is 1. The molecule has 5 heteroatoms. The van der Waals surface area contributed by atoms with E-state index in [0.717, 1.165) is 19.5 Å². The second kappa shape index (κ2) is 4.75. The number of halogens is 1. The summed E-state index contributed by atoms with van der Waals surface area (Å²) in [5.74, 6) is -0.474. The van der Waals surface area contributed by atoms with Gasteiger partial charge in [-0.1, -0.05) is 23.3 Å². The molecule has 0 saturated heterocycles. The van der Waals surface area contributed by atoms with Gasteiger partial charge in [-0.2, -0.15) is 0 Å². The number of aromatic carboxylic acids is 1. The average Bonchev–Trinajstić information content (AvgIpc) is 2.30. The molecular formula is C12H13ClN2O2. The van der Waals surface area contributed by atoms with Crippen molar-refractivity contribution in [3.8, 4) is 0 Å². The predicted molar refractivity (Wildman–Crippen MR) is 66.8 cm³/mol. The van der Waals surface area contributed by atoms with Crippen molar-refractivity contribution in [3.63, 3.8) is 0 Å². The first kappa shape index (κ1) is 11.9. The first-order chi connectivity index (χ1) is 8.09. The van der Waals surface area contributed by atoms with Crippen LogP contribution >= 0.6 is 11.6 Å². The van der Waals surface area contributed by atoms with E-state index in [1.54, 1.807) is 0 Å². The van der Waals surface area contributed by atoms with Crippen LogP contribution in [0.1, 0.15) is 23.7 Å². The number of nitrogens with zero attached hydrogens (tertiary/aromatic N) is 2. The highest BCUT2D eigenvalue weighted by atomic mass is 35.5. The van der Waals surface area contributed by atoms with Crippen molar-refractivity contribution in [2.24, 2.45) is 0 Å². The molecule has 0 radical (unpaired) electrons. The molecule has 1 aromatic rings. The number of rotatable bonds is 2. The molecule has 0 unspecified atom stereocenters. The van der Waals surface area contributed by atoms with Crippen molar-refractivity contribution in [1.29, 1.82) is 0 Å². The summed E-state index contributed by atoms with van der Waals surface area (Å²) in [6.45, 7) is 3.62. The van der Waals surface area contributed by atoms with Gasteiger partial charge in [-0.3, -0.25) is 0 Å². The molecule has 90 valence electrons. The first-order valence-electron chi connectivity index (χ1n) is 5.38. The van der Waals surface area contributed by atoms with Crippen LogP contribution in [0.3, 0.4) is 0 Å². The molecule has 4 nitrogen and oxygen atoms in total.